The van der Waals surface area contributed by atoms with E-state index in [9.17, 15) is 31.6 Å². The minimum Gasteiger partial charge on any atom is -0.437 e. The van der Waals surface area contributed by atoms with Crippen molar-refractivity contribution in [1.29, 1.82) is 5.26 Å². The first kappa shape index (κ1) is 27.2. The van der Waals surface area contributed by atoms with E-state index in [1.165, 1.54) is 41.4 Å². The summed E-state index contributed by atoms with van der Waals surface area (Å²) in [6, 6.07) is 11.3. The van der Waals surface area contributed by atoms with E-state index < -0.39 is 37.7 Å². The number of sulfonamides is 1. The van der Waals surface area contributed by atoms with Gasteiger partial charge in [-0.1, -0.05) is 11.6 Å². The van der Waals surface area contributed by atoms with Crippen LogP contribution in [0.1, 0.15) is 34.3 Å². The number of benzene rings is 2. The highest BCUT2D eigenvalue weighted by Crippen LogP contribution is 2.37. The summed E-state index contributed by atoms with van der Waals surface area (Å²) >= 11 is 5.61. The second-order valence-electron chi connectivity index (χ2n) is 8.52. The number of nitrogens with one attached hydrogen (secondary N) is 1. The Morgan fingerprint density at radius 1 is 1.21 bits per heavy atom. The van der Waals surface area contributed by atoms with Gasteiger partial charge >= 0.3 is 6.18 Å². The molecule has 1 saturated heterocycles. The number of rotatable bonds is 6. The molecule has 2 aromatic carbocycles. The quantitative estimate of drug-likeness (QED) is 0.406. The number of anilines is 1. The Morgan fingerprint density at radius 3 is 2.58 bits per heavy atom. The molecule has 1 aliphatic heterocycles. The number of pyridine rings is 1. The molecule has 0 saturated carbocycles. The van der Waals surface area contributed by atoms with Gasteiger partial charge in [-0.15, -0.1) is 0 Å². The van der Waals surface area contributed by atoms with Crippen LogP contribution in [0.5, 0.6) is 11.6 Å². The van der Waals surface area contributed by atoms with Gasteiger partial charge in [-0.25, -0.2) is 13.4 Å². The molecule has 2 heterocycles. The summed E-state index contributed by atoms with van der Waals surface area (Å²) in [6.07, 6.45) is -2.06. The number of amides is 1. The number of likely N-dealkylation sites (tertiary alicyclic amines) is 1. The van der Waals surface area contributed by atoms with Gasteiger partial charge in [-0.2, -0.15) is 18.4 Å². The van der Waals surface area contributed by atoms with Gasteiger partial charge < -0.3 is 9.64 Å². The molecule has 1 amide bonds. The van der Waals surface area contributed by atoms with Crippen molar-refractivity contribution in [2.24, 2.45) is 0 Å². The summed E-state index contributed by atoms with van der Waals surface area (Å²) in [7, 11) is -4.48. The maximum atomic E-state index is 13.2. The molecule has 4 rings (SSSR count). The smallest absolute Gasteiger partial charge is 0.417 e. The maximum Gasteiger partial charge on any atom is 0.417 e. The van der Waals surface area contributed by atoms with Crippen LogP contribution in [0.3, 0.4) is 0 Å². The lowest BCUT2D eigenvalue weighted by molar-refractivity contribution is -0.137. The Kier molecular flexibility index (Phi) is 7.53. The topological polar surface area (TPSA) is 112 Å². The molecular weight excluding hydrogens is 545 g/mol. The summed E-state index contributed by atoms with van der Waals surface area (Å²) < 4.78 is 73.5. The van der Waals surface area contributed by atoms with E-state index in [0.29, 0.717) is 30.2 Å². The highest BCUT2D eigenvalue weighted by atomic mass is 35.5. The molecule has 0 radical (unpaired) electrons. The lowest BCUT2D eigenvalue weighted by atomic mass is 10.1. The Hall–Kier alpha value is -3.82. The first-order valence-electron chi connectivity index (χ1n) is 11.2. The molecule has 0 bridgehead atoms. The van der Waals surface area contributed by atoms with Crippen molar-refractivity contribution in [2.45, 2.75) is 36.9 Å². The Bertz CT molecular complexity index is 1520. The van der Waals surface area contributed by atoms with Crippen molar-refractivity contribution in [3.63, 3.8) is 0 Å². The number of aromatic nitrogens is 1. The molecule has 38 heavy (non-hydrogen) atoms. The van der Waals surface area contributed by atoms with Crippen LogP contribution in [-0.2, 0) is 16.2 Å². The first-order valence-corrected chi connectivity index (χ1v) is 13.1. The van der Waals surface area contributed by atoms with Crippen LogP contribution >= 0.6 is 11.6 Å². The third-order valence-electron chi connectivity index (χ3n) is 5.76. The third-order valence-corrected chi connectivity index (χ3v) is 7.46. The minimum absolute atomic E-state index is 0.109. The van der Waals surface area contributed by atoms with Gasteiger partial charge in [-0.05, 0) is 73.9 Å². The molecule has 8 nitrogen and oxygen atoms in total. The molecule has 0 spiro atoms. The average molecular weight is 565 g/mol. The first-order chi connectivity index (χ1) is 17.9. The number of carbonyl (C=O) groups excluding carboxylic acids is 1. The molecule has 198 valence electrons. The number of aryl methyl sites for hydroxylation is 1. The molecule has 1 fully saturated rings. The van der Waals surface area contributed by atoms with Crippen LogP contribution in [0.4, 0.5) is 18.9 Å². The summed E-state index contributed by atoms with van der Waals surface area (Å²) in [4.78, 5) is 17.7. The molecular formula is C25H20ClF3N4O4S. The number of nitrogens with zero attached hydrogens (tertiary/aromatic N) is 3. The summed E-state index contributed by atoms with van der Waals surface area (Å²) in [5.74, 6) is -0.224. The van der Waals surface area contributed by atoms with Crippen LogP contribution in [0, 0.1) is 18.3 Å². The third kappa shape index (κ3) is 5.84. The number of carbonyl (C=O) groups is 1. The second-order valence-corrected chi connectivity index (χ2v) is 10.6. The van der Waals surface area contributed by atoms with E-state index in [1.54, 1.807) is 6.92 Å². The molecule has 1 atom stereocenters. The summed E-state index contributed by atoms with van der Waals surface area (Å²) in [5, 5.41) is 8.59. The molecule has 3 aromatic rings. The average Bonchev–Trinajstić information content (AvgIpc) is 3.34. The number of hydrogen-bond donors (Lipinski definition) is 1. The van der Waals surface area contributed by atoms with Crippen molar-refractivity contribution >= 4 is 33.2 Å². The van der Waals surface area contributed by atoms with Crippen molar-refractivity contribution in [3.8, 4) is 17.7 Å². The molecule has 0 unspecified atom stereocenters. The number of alkyl halides is 3. The van der Waals surface area contributed by atoms with Crippen LogP contribution in [0.15, 0.2) is 59.6 Å². The van der Waals surface area contributed by atoms with E-state index in [-0.39, 0.29) is 23.2 Å². The summed E-state index contributed by atoms with van der Waals surface area (Å²) in [5.41, 5.74) is -0.491. The lowest BCUT2D eigenvalue weighted by Crippen LogP contribution is -2.34. The highest BCUT2D eigenvalue weighted by Gasteiger charge is 2.35. The van der Waals surface area contributed by atoms with Gasteiger partial charge in [0.25, 0.3) is 15.9 Å². The normalized spacial score (nSPS) is 15.7. The SMILES string of the molecule is Cc1cnc(Oc2ccc(C(=O)N3CCC[C@@H]3C#N)cc2)c(NS(=O)(=O)c2ccc(Cl)c(C(F)(F)F)c2)c1. The predicted octanol–water partition coefficient (Wildman–Crippen LogP) is 5.78. The zero-order valence-corrected chi connectivity index (χ0v) is 21.4. The molecule has 13 heteroatoms. The fraction of sp³-hybridized carbons (Fsp3) is 0.240. The number of ether oxygens (including phenoxy) is 1. The number of hydrogen-bond acceptors (Lipinski definition) is 6. The van der Waals surface area contributed by atoms with Gasteiger partial charge in [0.05, 0.1) is 21.6 Å². The van der Waals surface area contributed by atoms with E-state index in [1.807, 2.05) is 0 Å². The van der Waals surface area contributed by atoms with Crippen LogP contribution < -0.4 is 9.46 Å². The summed E-state index contributed by atoms with van der Waals surface area (Å²) in [6.45, 7) is 2.13. The largest absolute Gasteiger partial charge is 0.437 e. The van der Waals surface area contributed by atoms with Gasteiger partial charge in [0.15, 0.2) is 0 Å². The zero-order chi connectivity index (χ0) is 27.7. The molecule has 1 aliphatic rings. The van der Waals surface area contributed by atoms with Crippen molar-refractivity contribution in [2.75, 3.05) is 11.3 Å². The highest BCUT2D eigenvalue weighted by molar-refractivity contribution is 7.92. The fourth-order valence-electron chi connectivity index (χ4n) is 3.89. The number of halogens is 4. The van der Waals surface area contributed by atoms with Crippen molar-refractivity contribution in [3.05, 3.63) is 76.4 Å². The van der Waals surface area contributed by atoms with E-state index in [4.69, 9.17) is 16.3 Å². The Balaban J connectivity index is 1.57. The van der Waals surface area contributed by atoms with Gasteiger partial charge in [0, 0.05) is 18.3 Å². The number of nitriles is 1. The van der Waals surface area contributed by atoms with Crippen LogP contribution in [0.2, 0.25) is 5.02 Å². The fourth-order valence-corrected chi connectivity index (χ4v) is 5.19. The minimum atomic E-state index is -4.85. The van der Waals surface area contributed by atoms with Crippen LogP contribution in [-0.4, -0.2) is 36.8 Å². The predicted molar refractivity (Wildman–Crippen MR) is 132 cm³/mol. The van der Waals surface area contributed by atoms with Gasteiger partial charge in [-0.3, -0.25) is 9.52 Å². The molecule has 1 N–H and O–H groups in total. The van der Waals surface area contributed by atoms with Crippen molar-refractivity contribution in [1.82, 2.24) is 9.88 Å². The maximum absolute atomic E-state index is 13.2. The standard InChI is InChI=1S/C25H20ClF3N4O4S/c1-15-11-22(32-38(35,36)19-8-9-21(26)20(12-19)25(27,28)29)23(31-14-15)37-18-6-4-16(5-7-18)24(34)33-10-2-3-17(33)13-30/h4-9,11-12,14,17,32H,2-3,10H2,1H3/t17-/m1/s1. The van der Waals surface area contributed by atoms with E-state index in [2.05, 4.69) is 15.8 Å². The zero-order valence-electron chi connectivity index (χ0n) is 19.8. The van der Waals surface area contributed by atoms with Crippen molar-refractivity contribution < 1.29 is 31.1 Å². The second kappa shape index (κ2) is 10.5. The Morgan fingerprint density at radius 2 is 1.92 bits per heavy atom. The van der Waals surface area contributed by atoms with E-state index in [0.717, 1.165) is 18.6 Å². The Labute approximate surface area is 221 Å². The van der Waals surface area contributed by atoms with Gasteiger partial charge in [0.1, 0.15) is 17.5 Å². The van der Waals surface area contributed by atoms with E-state index >= 15 is 0 Å². The van der Waals surface area contributed by atoms with Gasteiger partial charge in [0.2, 0.25) is 5.88 Å². The molecule has 1 aromatic heterocycles. The lowest BCUT2D eigenvalue weighted by Gasteiger charge is -2.19. The van der Waals surface area contributed by atoms with Crippen LogP contribution in [0.25, 0.3) is 0 Å². The monoisotopic (exact) mass is 564 g/mol. The molecule has 0 aliphatic carbocycles.